The van der Waals surface area contributed by atoms with Gasteiger partial charge in [-0.3, -0.25) is 46.3 Å². The monoisotopic (exact) mass is 816 g/mol. The minimum atomic E-state index is -6.54. The Bertz CT molecular complexity index is 1050. The maximum absolute atomic E-state index is 11.9. The van der Waals surface area contributed by atoms with E-state index in [0.29, 0.717) is 13.1 Å². The summed E-state index contributed by atoms with van der Waals surface area (Å²) in [4.78, 5) is 149. The van der Waals surface area contributed by atoms with Crippen molar-refractivity contribution in [2.24, 2.45) is 11.5 Å². The second kappa shape index (κ2) is 16.2. The highest BCUT2D eigenvalue weighted by molar-refractivity contribution is 7.73. The van der Waals surface area contributed by atoms with Crippen molar-refractivity contribution in [2.45, 2.75) is 22.1 Å². The fourth-order valence-corrected chi connectivity index (χ4v) is 15.5. The van der Waals surface area contributed by atoms with E-state index < -0.39 is 106 Å². The lowest BCUT2D eigenvalue weighted by Crippen LogP contribution is -2.50. The van der Waals surface area contributed by atoms with Crippen molar-refractivity contribution in [2.75, 3.05) is 26.2 Å². The predicted molar refractivity (Wildman–Crippen MR) is 143 cm³/mol. The van der Waals surface area contributed by atoms with Gasteiger partial charge in [-0.1, -0.05) is 0 Å². The number of nitrogens with two attached hydrogens (primary N) is 2. The fourth-order valence-electron chi connectivity index (χ4n) is 3.26. The summed E-state index contributed by atoms with van der Waals surface area (Å²) in [6.07, 6.45) is 0. The first-order valence-corrected chi connectivity index (χ1v) is 23.7. The molecule has 0 aliphatic rings. The van der Waals surface area contributed by atoms with Crippen molar-refractivity contribution in [3.8, 4) is 0 Å². The Kier molecular flexibility index (Phi) is 17.3. The maximum Gasteiger partial charge on any atom is 0.355 e. The summed E-state index contributed by atoms with van der Waals surface area (Å²) in [5.41, 5.74) is -6.14. The minimum Gasteiger partial charge on any atom is -0.329 e. The summed E-state index contributed by atoms with van der Waals surface area (Å²) in [5, 5.41) is 0. The zero-order chi connectivity index (χ0) is 36.3. The van der Waals surface area contributed by atoms with Gasteiger partial charge < -0.3 is 89.8 Å². The standard InChI is InChI=1S/C6H24N2O24P8.C2H8N2/c9-33(10,11)3(34(12,13)14)7(4(35(15,16)17)36(18,19)20)1-2-8(5(37(21,22)23)38(24,25)26)6(39(27,28)29)40(30,31)32;3-1-2-4/h3-6H,1-2H2,(H2,9,10,11)(H2,12,13,14)(H2,15,16,17)(H2,18,19,20)(H2,21,22,23)(H2,24,25,26)(H2,27,28,29)(H2,30,31,32);1-4H2. The summed E-state index contributed by atoms with van der Waals surface area (Å²) < 4.78 is 95.0. The molecule has 0 aromatic carbocycles. The molecule has 0 aliphatic carbocycles. The normalized spacial score (nSPS) is 15.1. The first-order chi connectivity index (χ1) is 18.9. The summed E-state index contributed by atoms with van der Waals surface area (Å²) >= 11 is 0. The summed E-state index contributed by atoms with van der Waals surface area (Å²) in [7, 11) is -52.3. The van der Waals surface area contributed by atoms with Crippen LogP contribution in [0.15, 0.2) is 0 Å². The van der Waals surface area contributed by atoms with Crippen LogP contribution in [0.5, 0.6) is 0 Å². The quantitative estimate of drug-likeness (QED) is 0.0649. The van der Waals surface area contributed by atoms with Crippen LogP contribution in [-0.2, 0) is 36.5 Å². The fraction of sp³-hybridized carbons (Fsp3) is 1.00. The van der Waals surface area contributed by atoms with Crippen LogP contribution in [0.25, 0.3) is 0 Å². The summed E-state index contributed by atoms with van der Waals surface area (Å²) in [6.45, 7) is -3.34. The molecule has 0 fully saturated rings. The van der Waals surface area contributed by atoms with Crippen molar-refractivity contribution in [1.82, 2.24) is 9.80 Å². The molecule has 0 rings (SSSR count). The molecule has 0 saturated carbocycles. The largest absolute Gasteiger partial charge is 0.355 e. The highest BCUT2D eigenvalue weighted by Gasteiger charge is 2.61. The lowest BCUT2D eigenvalue weighted by Gasteiger charge is -2.41. The van der Waals surface area contributed by atoms with Crippen LogP contribution in [0, 0.1) is 0 Å². The van der Waals surface area contributed by atoms with Crippen LogP contribution in [0.3, 0.4) is 0 Å². The van der Waals surface area contributed by atoms with Gasteiger partial charge in [0.2, 0.25) is 22.1 Å². The van der Waals surface area contributed by atoms with Crippen LogP contribution >= 0.6 is 60.8 Å². The molecule has 0 aromatic heterocycles. The molecule has 20 N–H and O–H groups in total. The second-order valence-corrected chi connectivity index (χ2v) is 23.1. The van der Waals surface area contributed by atoms with Gasteiger partial charge in [-0.25, -0.2) is 0 Å². The Morgan fingerprint density at radius 1 is 0.341 bits per heavy atom. The van der Waals surface area contributed by atoms with Crippen molar-refractivity contribution < 1.29 is 115 Å². The Balaban J connectivity index is 0. The summed E-state index contributed by atoms with van der Waals surface area (Å²) in [5.74, 6) is 0. The minimum absolute atomic E-state index is 0.597. The van der Waals surface area contributed by atoms with Crippen molar-refractivity contribution >= 4 is 60.8 Å². The van der Waals surface area contributed by atoms with Crippen LogP contribution < -0.4 is 11.5 Å². The highest BCUT2D eigenvalue weighted by Crippen LogP contribution is 2.71. The molecule has 0 aliphatic heterocycles. The molecule has 0 radical (unpaired) electrons. The van der Waals surface area contributed by atoms with Crippen LogP contribution in [0.4, 0.5) is 0 Å². The predicted octanol–water partition coefficient (Wildman–Crippen LogP) is -4.95. The third-order valence-corrected chi connectivity index (χ3v) is 18.8. The molecule has 36 heteroatoms. The molecule has 0 bridgehead atoms. The van der Waals surface area contributed by atoms with Crippen molar-refractivity contribution in [3.05, 3.63) is 0 Å². The van der Waals surface area contributed by atoms with Crippen LogP contribution in [-0.4, -0.2) is 136 Å². The Hall–Kier alpha value is 1.04. The molecule has 0 heterocycles. The smallest absolute Gasteiger partial charge is 0.329 e. The van der Waals surface area contributed by atoms with E-state index in [1.165, 1.54) is 0 Å². The first-order valence-electron chi connectivity index (χ1n) is 10.2. The Morgan fingerprint density at radius 2 is 0.455 bits per heavy atom. The third-order valence-electron chi connectivity index (χ3n) is 4.38. The topological polar surface area (TPSA) is 519 Å². The SMILES string of the molecule is NCCN.O=P(O)(O)C(N(CCN(C(P(=O)(O)O)P(=O)(O)O)C(P(=O)(O)O)P(=O)(O)O)C(P(=O)(O)O)P(=O)(O)O)P(=O)(O)O. The zero-order valence-corrected chi connectivity index (χ0v) is 28.3. The molecule has 0 amide bonds. The van der Waals surface area contributed by atoms with E-state index in [9.17, 15) is 115 Å². The van der Waals surface area contributed by atoms with Crippen molar-refractivity contribution in [1.29, 1.82) is 0 Å². The van der Waals surface area contributed by atoms with Crippen LogP contribution in [0.2, 0.25) is 0 Å². The third kappa shape index (κ3) is 15.1. The first kappa shape index (κ1) is 47.2. The average molecular weight is 816 g/mol. The van der Waals surface area contributed by atoms with E-state index in [4.69, 9.17) is 11.5 Å². The van der Waals surface area contributed by atoms with Gasteiger partial charge in [-0.2, -0.15) is 0 Å². The Morgan fingerprint density at radius 3 is 0.523 bits per heavy atom. The van der Waals surface area contributed by atoms with Gasteiger partial charge in [-0.15, -0.1) is 0 Å². The lowest BCUT2D eigenvalue weighted by molar-refractivity contribution is 0.152. The van der Waals surface area contributed by atoms with E-state index in [1.807, 2.05) is 0 Å². The van der Waals surface area contributed by atoms with Gasteiger partial charge in [0.25, 0.3) is 0 Å². The van der Waals surface area contributed by atoms with Gasteiger partial charge in [0, 0.05) is 26.2 Å². The molecule has 0 spiro atoms. The molecule has 268 valence electrons. The molecule has 0 unspecified atom stereocenters. The number of hydrogen-bond acceptors (Lipinski definition) is 12. The molecule has 0 aromatic rings. The van der Waals surface area contributed by atoms with Gasteiger partial charge in [0.1, 0.15) is 0 Å². The van der Waals surface area contributed by atoms with E-state index in [1.54, 1.807) is 0 Å². The zero-order valence-electron chi connectivity index (χ0n) is 21.2. The molecular formula is C8H32N4O24P8. The molecule has 0 atom stereocenters. The number of nitrogens with zero attached hydrogens (tertiary/aromatic N) is 2. The molecule has 44 heavy (non-hydrogen) atoms. The maximum atomic E-state index is 11.9. The van der Waals surface area contributed by atoms with E-state index in [2.05, 4.69) is 0 Å². The van der Waals surface area contributed by atoms with Gasteiger partial charge in [0.05, 0.1) is 0 Å². The Labute approximate surface area is 245 Å². The van der Waals surface area contributed by atoms with Gasteiger partial charge in [-0.05, 0) is 0 Å². The van der Waals surface area contributed by atoms with E-state index in [-0.39, 0.29) is 0 Å². The van der Waals surface area contributed by atoms with Gasteiger partial charge >= 0.3 is 60.8 Å². The number of hydrogen-bond donors (Lipinski definition) is 18. The highest BCUT2D eigenvalue weighted by atomic mass is 31.3. The average Bonchev–Trinajstić information content (AvgIpc) is 2.63. The molecular weight excluding hydrogens is 784 g/mol. The van der Waals surface area contributed by atoms with Gasteiger partial charge in [0.15, 0.2) is 0 Å². The number of rotatable bonds is 16. The van der Waals surface area contributed by atoms with E-state index >= 15 is 0 Å². The van der Waals surface area contributed by atoms with Crippen LogP contribution in [0.1, 0.15) is 0 Å². The lowest BCUT2D eigenvalue weighted by atomic mass is 10.5. The summed E-state index contributed by atoms with van der Waals surface area (Å²) in [6, 6.07) is 0. The molecule has 0 saturated heterocycles. The van der Waals surface area contributed by atoms with E-state index in [0.717, 1.165) is 0 Å². The molecule has 28 nitrogen and oxygen atoms in total. The van der Waals surface area contributed by atoms with Crippen molar-refractivity contribution in [3.63, 3.8) is 0 Å². The second-order valence-electron chi connectivity index (χ2n) is 8.15.